The van der Waals surface area contributed by atoms with Crippen molar-refractivity contribution in [2.45, 2.75) is 0 Å². The first kappa shape index (κ1) is 35.0. The van der Waals surface area contributed by atoms with Gasteiger partial charge in [-0.3, -0.25) is 9.13 Å². The zero-order valence-corrected chi connectivity index (χ0v) is 34.5. The van der Waals surface area contributed by atoms with E-state index in [2.05, 4.69) is 226 Å². The Balaban J connectivity index is 1.18. The largest absolute Gasteiger partial charge is 0.456 e. The van der Waals surface area contributed by atoms with Gasteiger partial charge in [0, 0.05) is 48.7 Å². The van der Waals surface area contributed by atoms with Crippen molar-refractivity contribution >= 4 is 87.4 Å². The summed E-state index contributed by atoms with van der Waals surface area (Å²) in [5.41, 5.74) is 13.9. The first-order chi connectivity index (χ1) is 31.8. The quantitative estimate of drug-likeness (QED) is 0.174. The minimum atomic E-state index is 0.835. The molecule has 298 valence electrons. The van der Waals surface area contributed by atoms with E-state index in [0.29, 0.717) is 0 Å². The Morgan fingerprint density at radius 1 is 0.312 bits per heavy atom. The second-order valence-electron chi connectivity index (χ2n) is 16.7. The normalized spacial score (nSPS) is 12.1. The lowest BCUT2D eigenvalue weighted by Crippen LogP contribution is -2.06. The van der Waals surface area contributed by atoms with Crippen LogP contribution in [0.5, 0.6) is 0 Å². The number of hydrogen-bond acceptors (Lipinski definition) is 2. The molecule has 14 aromatic rings. The van der Waals surface area contributed by atoms with E-state index in [1.165, 1.54) is 32.3 Å². The predicted molar refractivity (Wildman–Crippen MR) is 265 cm³/mol. The van der Waals surface area contributed by atoms with Crippen molar-refractivity contribution in [3.63, 3.8) is 0 Å². The van der Waals surface area contributed by atoms with Crippen LogP contribution < -0.4 is 0 Å². The SMILES string of the molecule is c1cc(-c2cccc3oc4ccccc4c23)c(-c2cc(-n3c4ccccc4c4ccccc43)nc(-n3c4ccccc4c4ccccc43)c2)c(-n2c3ccccc3c3ccccc32)c1. The second kappa shape index (κ2) is 13.4. The lowest BCUT2D eigenvalue weighted by atomic mass is 9.90. The van der Waals surface area contributed by atoms with Crippen LogP contribution in [0.25, 0.3) is 127 Å². The molecule has 0 saturated carbocycles. The number of rotatable bonds is 5. The molecule has 9 aromatic carbocycles. The smallest absolute Gasteiger partial charge is 0.140 e. The molecule has 0 unspecified atom stereocenters. The van der Waals surface area contributed by atoms with Gasteiger partial charge in [-0.2, -0.15) is 0 Å². The van der Waals surface area contributed by atoms with Crippen molar-refractivity contribution in [1.29, 1.82) is 0 Å². The van der Waals surface area contributed by atoms with Gasteiger partial charge in [-0.05, 0) is 83.4 Å². The standard InChI is InChI=1S/C59H36N4O/c1-8-26-47-38(17-1)39-18-2-9-27-48(39)61(47)53-32-15-24-44(45-25-16-34-55-59(45)46-23-7-14-33-54(46)64-55)58(53)37-35-56(62-49-28-10-3-19-40(49)41-20-4-11-29-50(41)62)60-57(36-37)63-51-30-12-5-21-42(51)43-22-6-13-31-52(43)63/h1-36H. The van der Waals surface area contributed by atoms with Gasteiger partial charge in [-0.1, -0.05) is 152 Å². The maximum Gasteiger partial charge on any atom is 0.140 e. The predicted octanol–water partition coefficient (Wildman–Crippen LogP) is 15.6. The summed E-state index contributed by atoms with van der Waals surface area (Å²) in [6.07, 6.45) is 0. The molecular formula is C59H36N4O. The Labute approximate surface area is 366 Å². The molecule has 0 aliphatic heterocycles. The molecule has 0 aliphatic rings. The number of fused-ring (bicyclic) bond motifs is 12. The summed E-state index contributed by atoms with van der Waals surface area (Å²) in [5, 5.41) is 9.36. The van der Waals surface area contributed by atoms with E-state index in [9.17, 15) is 0 Å². The van der Waals surface area contributed by atoms with Gasteiger partial charge in [-0.15, -0.1) is 0 Å². The molecule has 0 aliphatic carbocycles. The first-order valence-electron chi connectivity index (χ1n) is 21.8. The monoisotopic (exact) mass is 816 g/mol. The maximum absolute atomic E-state index is 6.56. The Kier molecular flexibility index (Phi) is 7.33. The van der Waals surface area contributed by atoms with Crippen LogP contribution in [0.15, 0.2) is 223 Å². The van der Waals surface area contributed by atoms with Crippen molar-refractivity contribution in [2.24, 2.45) is 0 Å². The van der Waals surface area contributed by atoms with Gasteiger partial charge >= 0.3 is 0 Å². The van der Waals surface area contributed by atoms with Crippen molar-refractivity contribution < 1.29 is 4.42 Å². The summed E-state index contributed by atoms with van der Waals surface area (Å²) in [6, 6.07) is 78.5. The zero-order valence-electron chi connectivity index (χ0n) is 34.5. The molecule has 14 rings (SSSR count). The molecule has 0 radical (unpaired) electrons. The average molecular weight is 817 g/mol. The number of aromatic nitrogens is 4. The Morgan fingerprint density at radius 2 is 0.688 bits per heavy atom. The second-order valence-corrected chi connectivity index (χ2v) is 16.7. The number of hydrogen-bond donors (Lipinski definition) is 0. The number of pyridine rings is 1. The highest BCUT2D eigenvalue weighted by Crippen LogP contribution is 2.46. The van der Waals surface area contributed by atoms with Crippen LogP contribution in [0, 0.1) is 0 Å². The third-order valence-corrected chi connectivity index (χ3v) is 13.3. The fraction of sp³-hybridized carbons (Fsp3) is 0. The van der Waals surface area contributed by atoms with Gasteiger partial charge in [0.05, 0.1) is 38.8 Å². The van der Waals surface area contributed by atoms with E-state index in [1.807, 2.05) is 6.07 Å². The van der Waals surface area contributed by atoms with Crippen molar-refractivity contribution in [1.82, 2.24) is 18.7 Å². The van der Waals surface area contributed by atoms with E-state index in [1.54, 1.807) is 0 Å². The molecular weight excluding hydrogens is 781 g/mol. The highest BCUT2D eigenvalue weighted by molar-refractivity contribution is 6.16. The lowest BCUT2D eigenvalue weighted by molar-refractivity contribution is 0.669. The maximum atomic E-state index is 6.56. The molecule has 5 aromatic heterocycles. The van der Waals surface area contributed by atoms with E-state index >= 15 is 0 Å². The highest BCUT2D eigenvalue weighted by Gasteiger charge is 2.24. The summed E-state index contributed by atoms with van der Waals surface area (Å²) >= 11 is 0. The number of benzene rings is 9. The fourth-order valence-electron chi connectivity index (χ4n) is 10.6. The summed E-state index contributed by atoms with van der Waals surface area (Å²) < 4.78 is 13.7. The molecule has 0 atom stereocenters. The molecule has 0 fully saturated rings. The van der Waals surface area contributed by atoms with Crippen LogP contribution in [0.1, 0.15) is 0 Å². The zero-order chi connectivity index (χ0) is 41.9. The molecule has 64 heavy (non-hydrogen) atoms. The number of para-hydroxylation sites is 7. The van der Waals surface area contributed by atoms with Crippen LogP contribution in [-0.4, -0.2) is 18.7 Å². The van der Waals surface area contributed by atoms with Crippen LogP contribution in [-0.2, 0) is 0 Å². The molecule has 0 saturated heterocycles. The minimum Gasteiger partial charge on any atom is -0.456 e. The van der Waals surface area contributed by atoms with Crippen LogP contribution >= 0.6 is 0 Å². The lowest BCUT2D eigenvalue weighted by Gasteiger charge is -2.21. The Bertz CT molecular complexity index is 3920. The first-order valence-corrected chi connectivity index (χ1v) is 21.8. The van der Waals surface area contributed by atoms with Crippen LogP contribution in [0.3, 0.4) is 0 Å². The van der Waals surface area contributed by atoms with Gasteiger partial charge in [-0.25, -0.2) is 4.98 Å². The summed E-state index contributed by atoms with van der Waals surface area (Å²) in [7, 11) is 0. The third kappa shape index (κ3) is 4.92. The topological polar surface area (TPSA) is 40.8 Å². The molecule has 5 nitrogen and oxygen atoms in total. The average Bonchev–Trinajstić information content (AvgIpc) is 4.10. The van der Waals surface area contributed by atoms with E-state index < -0.39 is 0 Å². The molecule has 0 amide bonds. The van der Waals surface area contributed by atoms with Crippen LogP contribution in [0.4, 0.5) is 0 Å². The third-order valence-electron chi connectivity index (χ3n) is 13.3. The van der Waals surface area contributed by atoms with Gasteiger partial charge in [0.1, 0.15) is 22.8 Å². The summed E-state index contributed by atoms with van der Waals surface area (Å²) in [4.78, 5) is 5.73. The fourth-order valence-corrected chi connectivity index (χ4v) is 10.6. The molecule has 0 N–H and O–H groups in total. The van der Waals surface area contributed by atoms with Gasteiger partial charge in [0.25, 0.3) is 0 Å². The highest BCUT2D eigenvalue weighted by atomic mass is 16.3. The Hall–Kier alpha value is -8.67. The van der Waals surface area contributed by atoms with Crippen molar-refractivity contribution in [2.75, 3.05) is 0 Å². The van der Waals surface area contributed by atoms with E-state index in [-0.39, 0.29) is 0 Å². The number of nitrogens with zero attached hydrogens (tertiary/aromatic N) is 4. The molecule has 5 heterocycles. The van der Waals surface area contributed by atoms with Gasteiger partial charge in [0.15, 0.2) is 0 Å². The van der Waals surface area contributed by atoms with Crippen molar-refractivity contribution in [3.05, 3.63) is 218 Å². The van der Waals surface area contributed by atoms with Crippen LogP contribution in [0.2, 0.25) is 0 Å². The summed E-state index contributed by atoms with van der Waals surface area (Å²) in [6.45, 7) is 0. The Morgan fingerprint density at radius 3 is 1.17 bits per heavy atom. The number of furan rings is 1. The molecule has 5 heteroatoms. The summed E-state index contributed by atoms with van der Waals surface area (Å²) in [5.74, 6) is 1.67. The molecule has 0 bridgehead atoms. The van der Waals surface area contributed by atoms with E-state index in [0.717, 1.165) is 94.6 Å². The minimum absolute atomic E-state index is 0.835. The van der Waals surface area contributed by atoms with Gasteiger partial charge in [0.2, 0.25) is 0 Å². The van der Waals surface area contributed by atoms with Crippen molar-refractivity contribution in [3.8, 4) is 39.6 Å². The molecule has 0 spiro atoms. The van der Waals surface area contributed by atoms with Gasteiger partial charge < -0.3 is 8.98 Å². The van der Waals surface area contributed by atoms with E-state index in [4.69, 9.17) is 9.40 Å².